The Morgan fingerprint density at radius 1 is 1.28 bits per heavy atom. The van der Waals surface area contributed by atoms with Crippen LogP contribution >= 0.6 is 0 Å². The Hall–Kier alpha value is -1.27. The molecule has 0 bridgehead atoms. The fourth-order valence-corrected chi connectivity index (χ4v) is 1.70. The van der Waals surface area contributed by atoms with Crippen molar-refractivity contribution >= 4 is 0 Å². The second-order valence-corrected chi connectivity index (χ2v) is 4.05. The van der Waals surface area contributed by atoms with E-state index < -0.39 is 6.36 Å². The number of rotatable bonds is 6. The Morgan fingerprint density at radius 2 is 1.89 bits per heavy atom. The second-order valence-electron chi connectivity index (χ2n) is 4.05. The maximum atomic E-state index is 12.0. The zero-order valence-corrected chi connectivity index (χ0v) is 10.1. The standard InChI is InChI=1S/C12H17F3N2O/c1-2-3-10(17-16)8-9-4-6-11(7-5-9)18-12(13,14)15/h4-7,10,17H,2-3,8,16H2,1H3. The van der Waals surface area contributed by atoms with Crippen LogP contribution in [0.2, 0.25) is 0 Å². The van der Waals surface area contributed by atoms with Gasteiger partial charge in [0, 0.05) is 6.04 Å². The van der Waals surface area contributed by atoms with Gasteiger partial charge in [-0.1, -0.05) is 25.5 Å². The van der Waals surface area contributed by atoms with E-state index in [1.165, 1.54) is 12.1 Å². The summed E-state index contributed by atoms with van der Waals surface area (Å²) in [5, 5.41) is 0. The first-order chi connectivity index (χ1) is 8.44. The molecule has 102 valence electrons. The van der Waals surface area contributed by atoms with Crippen LogP contribution in [0.5, 0.6) is 5.75 Å². The first-order valence-electron chi connectivity index (χ1n) is 5.75. The van der Waals surface area contributed by atoms with Crippen molar-refractivity contribution in [2.45, 2.75) is 38.6 Å². The molecular formula is C12H17F3N2O. The molecule has 1 atom stereocenters. The monoisotopic (exact) mass is 262 g/mol. The molecule has 0 spiro atoms. The van der Waals surface area contributed by atoms with E-state index in [1.54, 1.807) is 12.1 Å². The van der Waals surface area contributed by atoms with Crippen molar-refractivity contribution in [3.05, 3.63) is 29.8 Å². The Kier molecular flexibility index (Phi) is 5.43. The zero-order valence-electron chi connectivity index (χ0n) is 10.1. The smallest absolute Gasteiger partial charge is 0.406 e. The van der Waals surface area contributed by atoms with Crippen molar-refractivity contribution in [2.24, 2.45) is 5.84 Å². The number of hydrogen-bond donors (Lipinski definition) is 2. The van der Waals surface area contributed by atoms with Crippen molar-refractivity contribution in [1.29, 1.82) is 0 Å². The van der Waals surface area contributed by atoms with Crippen LogP contribution in [0.15, 0.2) is 24.3 Å². The fourth-order valence-electron chi connectivity index (χ4n) is 1.70. The number of ether oxygens (including phenoxy) is 1. The summed E-state index contributed by atoms with van der Waals surface area (Å²) >= 11 is 0. The van der Waals surface area contributed by atoms with Crippen molar-refractivity contribution in [2.75, 3.05) is 0 Å². The maximum Gasteiger partial charge on any atom is 0.573 e. The van der Waals surface area contributed by atoms with Gasteiger partial charge in [-0.25, -0.2) is 0 Å². The van der Waals surface area contributed by atoms with E-state index in [4.69, 9.17) is 5.84 Å². The summed E-state index contributed by atoms with van der Waals surface area (Å²) in [6.07, 6.45) is -2.07. The number of nitrogens with two attached hydrogens (primary N) is 1. The molecule has 0 saturated carbocycles. The number of nitrogens with one attached hydrogen (secondary N) is 1. The van der Waals surface area contributed by atoms with Gasteiger partial charge < -0.3 is 4.74 Å². The van der Waals surface area contributed by atoms with Crippen LogP contribution < -0.4 is 16.0 Å². The first kappa shape index (κ1) is 14.8. The lowest BCUT2D eigenvalue weighted by Crippen LogP contribution is -2.36. The molecule has 1 rings (SSSR count). The molecule has 1 unspecified atom stereocenters. The minimum atomic E-state index is -4.65. The number of alkyl halides is 3. The molecule has 0 heterocycles. The quantitative estimate of drug-likeness (QED) is 0.612. The highest BCUT2D eigenvalue weighted by atomic mass is 19.4. The van der Waals surface area contributed by atoms with Gasteiger partial charge in [0.25, 0.3) is 0 Å². The number of hydrazine groups is 1. The van der Waals surface area contributed by atoms with E-state index in [-0.39, 0.29) is 11.8 Å². The van der Waals surface area contributed by atoms with Crippen LogP contribution in [-0.2, 0) is 6.42 Å². The van der Waals surface area contributed by atoms with Crippen LogP contribution in [0.4, 0.5) is 13.2 Å². The van der Waals surface area contributed by atoms with Gasteiger partial charge in [0.1, 0.15) is 5.75 Å². The normalized spacial score (nSPS) is 13.4. The van der Waals surface area contributed by atoms with Crippen LogP contribution in [0.25, 0.3) is 0 Å². The van der Waals surface area contributed by atoms with E-state index in [0.29, 0.717) is 6.42 Å². The van der Waals surface area contributed by atoms with Gasteiger partial charge in [0.05, 0.1) is 0 Å². The van der Waals surface area contributed by atoms with E-state index in [9.17, 15) is 13.2 Å². The van der Waals surface area contributed by atoms with Gasteiger partial charge in [-0.05, 0) is 30.5 Å². The highest BCUT2D eigenvalue weighted by Gasteiger charge is 2.30. The minimum absolute atomic E-state index is 0.129. The third kappa shape index (κ3) is 5.37. The molecule has 0 radical (unpaired) electrons. The molecule has 0 aliphatic rings. The lowest BCUT2D eigenvalue weighted by Gasteiger charge is -2.15. The Balaban J connectivity index is 2.59. The molecule has 1 aromatic carbocycles. The van der Waals surface area contributed by atoms with Gasteiger partial charge >= 0.3 is 6.36 Å². The molecule has 0 fully saturated rings. The highest BCUT2D eigenvalue weighted by molar-refractivity contribution is 5.27. The predicted molar refractivity (Wildman–Crippen MR) is 62.8 cm³/mol. The number of halogens is 3. The van der Waals surface area contributed by atoms with Crippen LogP contribution in [-0.4, -0.2) is 12.4 Å². The van der Waals surface area contributed by atoms with E-state index in [0.717, 1.165) is 18.4 Å². The van der Waals surface area contributed by atoms with Gasteiger partial charge in [-0.2, -0.15) is 0 Å². The first-order valence-corrected chi connectivity index (χ1v) is 5.75. The summed E-state index contributed by atoms with van der Waals surface area (Å²) in [5.74, 6) is 5.19. The SMILES string of the molecule is CCCC(Cc1ccc(OC(F)(F)F)cc1)NN. The summed E-state index contributed by atoms with van der Waals surface area (Å²) in [7, 11) is 0. The average molecular weight is 262 g/mol. The Morgan fingerprint density at radius 3 is 2.33 bits per heavy atom. The number of hydrogen-bond acceptors (Lipinski definition) is 3. The Bertz CT molecular complexity index is 351. The van der Waals surface area contributed by atoms with E-state index >= 15 is 0 Å². The Labute approximate surface area is 104 Å². The minimum Gasteiger partial charge on any atom is -0.406 e. The van der Waals surface area contributed by atoms with Crippen molar-refractivity contribution in [3.8, 4) is 5.75 Å². The molecule has 0 aliphatic carbocycles. The van der Waals surface area contributed by atoms with Crippen molar-refractivity contribution < 1.29 is 17.9 Å². The predicted octanol–water partition coefficient (Wildman–Crippen LogP) is 2.76. The second kappa shape index (κ2) is 6.61. The molecule has 0 saturated heterocycles. The third-order valence-corrected chi connectivity index (χ3v) is 2.51. The molecule has 0 aliphatic heterocycles. The molecule has 6 heteroatoms. The fraction of sp³-hybridized carbons (Fsp3) is 0.500. The molecule has 3 nitrogen and oxygen atoms in total. The van der Waals surface area contributed by atoms with Crippen molar-refractivity contribution in [1.82, 2.24) is 5.43 Å². The number of benzene rings is 1. The molecule has 0 aromatic heterocycles. The summed E-state index contributed by atoms with van der Waals surface area (Å²) < 4.78 is 39.7. The van der Waals surface area contributed by atoms with Gasteiger partial charge in [0.2, 0.25) is 0 Å². The summed E-state index contributed by atoms with van der Waals surface area (Å²) in [6, 6.07) is 5.97. The molecule has 3 N–H and O–H groups in total. The van der Waals surface area contributed by atoms with Crippen molar-refractivity contribution in [3.63, 3.8) is 0 Å². The van der Waals surface area contributed by atoms with E-state index in [2.05, 4.69) is 10.2 Å². The molecule has 1 aromatic rings. The van der Waals surface area contributed by atoms with Crippen LogP contribution in [0.3, 0.4) is 0 Å². The highest BCUT2D eigenvalue weighted by Crippen LogP contribution is 2.23. The summed E-state index contributed by atoms with van der Waals surface area (Å²) in [4.78, 5) is 0. The van der Waals surface area contributed by atoms with Gasteiger partial charge in [-0.3, -0.25) is 11.3 Å². The summed E-state index contributed by atoms with van der Waals surface area (Å²) in [6.45, 7) is 2.05. The van der Waals surface area contributed by atoms with Crippen LogP contribution in [0, 0.1) is 0 Å². The van der Waals surface area contributed by atoms with E-state index in [1.807, 2.05) is 6.92 Å². The molecule has 18 heavy (non-hydrogen) atoms. The lowest BCUT2D eigenvalue weighted by molar-refractivity contribution is -0.274. The zero-order chi connectivity index (χ0) is 13.6. The third-order valence-electron chi connectivity index (χ3n) is 2.51. The lowest BCUT2D eigenvalue weighted by atomic mass is 10.0. The summed E-state index contributed by atoms with van der Waals surface area (Å²) in [5.41, 5.74) is 3.61. The maximum absolute atomic E-state index is 12.0. The molecular weight excluding hydrogens is 245 g/mol. The topological polar surface area (TPSA) is 47.3 Å². The average Bonchev–Trinajstić information content (AvgIpc) is 2.29. The van der Waals surface area contributed by atoms with Gasteiger partial charge in [0.15, 0.2) is 0 Å². The van der Waals surface area contributed by atoms with Gasteiger partial charge in [-0.15, -0.1) is 13.2 Å². The van der Waals surface area contributed by atoms with Crippen LogP contribution in [0.1, 0.15) is 25.3 Å². The largest absolute Gasteiger partial charge is 0.573 e. The molecule has 0 amide bonds.